The van der Waals surface area contributed by atoms with Crippen LogP contribution in [0.1, 0.15) is 0 Å². The van der Waals surface area contributed by atoms with Gasteiger partial charge in [0.25, 0.3) is 0 Å². The van der Waals surface area contributed by atoms with Crippen molar-refractivity contribution >= 4 is 43.1 Å². The highest BCUT2D eigenvalue weighted by molar-refractivity contribution is 6.22. The molecule has 0 spiro atoms. The van der Waals surface area contributed by atoms with Crippen LogP contribution >= 0.6 is 0 Å². The maximum Gasteiger partial charge on any atom is -0.00259 e. The second kappa shape index (κ2) is 9.22. The second-order valence-electron chi connectivity index (χ2n) is 10.5. The molecule has 0 unspecified atom stereocenters. The quantitative estimate of drug-likeness (QED) is 0.209. The van der Waals surface area contributed by atoms with Crippen molar-refractivity contribution < 1.29 is 0 Å². The molecule has 0 saturated carbocycles. The van der Waals surface area contributed by atoms with E-state index in [0.29, 0.717) is 0 Å². The summed E-state index contributed by atoms with van der Waals surface area (Å²) >= 11 is 0. The summed E-state index contributed by atoms with van der Waals surface area (Å²) in [7, 11) is 0. The van der Waals surface area contributed by atoms with Crippen LogP contribution in [0.4, 0.5) is 0 Å². The van der Waals surface area contributed by atoms with Crippen LogP contribution in [0.5, 0.6) is 0 Å². The molecule has 0 radical (unpaired) electrons. The van der Waals surface area contributed by atoms with Crippen LogP contribution in [-0.4, -0.2) is 0 Å². The van der Waals surface area contributed by atoms with E-state index >= 15 is 0 Å². The summed E-state index contributed by atoms with van der Waals surface area (Å²) in [5, 5.41) is 10.2. The van der Waals surface area contributed by atoms with Crippen LogP contribution in [0.15, 0.2) is 158 Å². The predicted octanol–water partition coefficient (Wildman–Crippen LogP) is 11.3. The highest BCUT2D eigenvalue weighted by Gasteiger charge is 2.18. The van der Waals surface area contributed by atoms with Crippen molar-refractivity contribution in [1.29, 1.82) is 0 Å². The Morgan fingerprint density at radius 1 is 0.250 bits per heavy atom. The number of fused-ring (bicyclic) bond motifs is 4. The summed E-state index contributed by atoms with van der Waals surface area (Å²) in [6.07, 6.45) is 0. The summed E-state index contributed by atoms with van der Waals surface area (Å²) in [4.78, 5) is 0. The highest BCUT2D eigenvalue weighted by atomic mass is 14.2. The molecular formula is C40H26. The van der Waals surface area contributed by atoms with E-state index in [2.05, 4.69) is 158 Å². The molecule has 0 aromatic heterocycles. The Morgan fingerprint density at radius 3 is 1.62 bits per heavy atom. The topological polar surface area (TPSA) is 0 Å². The Bertz CT molecular complexity index is 2200. The van der Waals surface area contributed by atoms with Crippen LogP contribution in [0, 0.1) is 0 Å². The first-order valence-corrected chi connectivity index (χ1v) is 13.9. The molecule has 8 aromatic rings. The molecule has 0 nitrogen and oxygen atoms in total. The van der Waals surface area contributed by atoms with E-state index in [1.807, 2.05) is 0 Å². The van der Waals surface area contributed by atoms with E-state index in [9.17, 15) is 0 Å². The van der Waals surface area contributed by atoms with Crippen LogP contribution in [0.25, 0.3) is 76.5 Å². The lowest BCUT2D eigenvalue weighted by molar-refractivity contribution is 1.65. The van der Waals surface area contributed by atoms with Crippen LogP contribution in [-0.2, 0) is 0 Å². The van der Waals surface area contributed by atoms with Gasteiger partial charge in [0.05, 0.1) is 0 Å². The third kappa shape index (κ3) is 3.61. The number of rotatable bonds is 3. The van der Waals surface area contributed by atoms with E-state index in [1.165, 1.54) is 76.5 Å². The summed E-state index contributed by atoms with van der Waals surface area (Å²) in [6.45, 7) is 0. The van der Waals surface area contributed by atoms with Crippen LogP contribution in [0.2, 0.25) is 0 Å². The van der Waals surface area contributed by atoms with E-state index in [1.54, 1.807) is 0 Å². The van der Waals surface area contributed by atoms with Gasteiger partial charge in [-0.25, -0.2) is 0 Å². The van der Waals surface area contributed by atoms with Crippen molar-refractivity contribution in [3.05, 3.63) is 158 Å². The Morgan fingerprint density at radius 2 is 0.825 bits per heavy atom. The van der Waals surface area contributed by atoms with E-state index in [0.717, 1.165) is 0 Å². The van der Waals surface area contributed by atoms with Crippen molar-refractivity contribution in [3.63, 3.8) is 0 Å². The minimum atomic E-state index is 1.24. The molecule has 0 heteroatoms. The largest absolute Gasteiger partial charge is 0.0622 e. The molecule has 40 heavy (non-hydrogen) atoms. The fourth-order valence-electron chi connectivity index (χ4n) is 6.39. The summed E-state index contributed by atoms with van der Waals surface area (Å²) < 4.78 is 0. The second-order valence-corrected chi connectivity index (χ2v) is 10.5. The van der Waals surface area contributed by atoms with Crippen molar-refractivity contribution in [2.24, 2.45) is 0 Å². The normalized spacial score (nSPS) is 11.5. The van der Waals surface area contributed by atoms with Crippen LogP contribution in [0.3, 0.4) is 0 Å². The van der Waals surface area contributed by atoms with Gasteiger partial charge in [-0.3, -0.25) is 0 Å². The van der Waals surface area contributed by atoms with Gasteiger partial charge in [-0.15, -0.1) is 0 Å². The highest BCUT2D eigenvalue weighted by Crippen LogP contribution is 2.45. The number of benzene rings is 8. The third-order valence-corrected chi connectivity index (χ3v) is 8.23. The zero-order chi connectivity index (χ0) is 26.5. The molecule has 8 rings (SSSR count). The molecule has 0 aliphatic heterocycles. The lowest BCUT2D eigenvalue weighted by Gasteiger charge is -2.19. The molecular weight excluding hydrogens is 480 g/mol. The first-order valence-electron chi connectivity index (χ1n) is 13.9. The fourth-order valence-corrected chi connectivity index (χ4v) is 6.39. The first kappa shape index (κ1) is 22.8. The molecule has 0 N–H and O–H groups in total. The number of hydrogen-bond acceptors (Lipinski definition) is 0. The van der Waals surface area contributed by atoms with E-state index < -0.39 is 0 Å². The van der Waals surface area contributed by atoms with Crippen molar-refractivity contribution in [2.45, 2.75) is 0 Å². The summed E-state index contributed by atoms with van der Waals surface area (Å²) in [6, 6.07) is 57.6. The monoisotopic (exact) mass is 506 g/mol. The summed E-state index contributed by atoms with van der Waals surface area (Å²) in [5.41, 5.74) is 7.57. The van der Waals surface area contributed by atoms with Gasteiger partial charge in [0.2, 0.25) is 0 Å². The molecule has 186 valence electrons. The molecule has 0 amide bonds. The molecule has 0 atom stereocenters. The van der Waals surface area contributed by atoms with Crippen LogP contribution < -0.4 is 0 Å². The zero-order valence-electron chi connectivity index (χ0n) is 22.0. The van der Waals surface area contributed by atoms with E-state index in [-0.39, 0.29) is 0 Å². The van der Waals surface area contributed by atoms with Crippen molar-refractivity contribution in [2.75, 3.05) is 0 Å². The zero-order valence-corrected chi connectivity index (χ0v) is 22.0. The van der Waals surface area contributed by atoms with Gasteiger partial charge < -0.3 is 0 Å². The average Bonchev–Trinajstić information content (AvgIpc) is 3.03. The third-order valence-electron chi connectivity index (χ3n) is 8.23. The average molecular weight is 507 g/mol. The molecule has 8 aromatic carbocycles. The predicted molar refractivity (Wildman–Crippen MR) is 173 cm³/mol. The molecule has 0 aliphatic rings. The molecule has 0 saturated heterocycles. The lowest BCUT2D eigenvalue weighted by Crippen LogP contribution is -1.92. The van der Waals surface area contributed by atoms with Gasteiger partial charge in [0.15, 0.2) is 0 Å². The first-order chi connectivity index (χ1) is 19.8. The van der Waals surface area contributed by atoms with Gasteiger partial charge >= 0.3 is 0 Å². The minimum absolute atomic E-state index is 1.24. The SMILES string of the molecule is c1ccc(-c2c3ccccc3c(-c3ccc4ccccc4c3)c3cc(-c4cccc5ccccc45)ccc23)cc1. The van der Waals surface area contributed by atoms with Crippen molar-refractivity contribution in [3.8, 4) is 33.4 Å². The maximum absolute atomic E-state index is 2.42. The standard InChI is InChI=1S/C40H26/c1-2-13-29(14-3-1)39-35-18-8-9-19-36(35)40(32-22-21-27-11-4-5-15-30(27)25-32)38-26-31(23-24-37(38)39)34-20-10-16-28-12-6-7-17-33(28)34/h1-26H. The summed E-state index contributed by atoms with van der Waals surface area (Å²) in [5.74, 6) is 0. The fraction of sp³-hybridized carbons (Fsp3) is 0. The Kier molecular flexibility index (Phi) is 5.24. The minimum Gasteiger partial charge on any atom is -0.0622 e. The molecule has 0 fully saturated rings. The van der Waals surface area contributed by atoms with Gasteiger partial charge in [-0.05, 0) is 88.6 Å². The maximum atomic E-state index is 2.42. The molecule has 0 aliphatic carbocycles. The molecule has 0 heterocycles. The Balaban J connectivity index is 1.52. The van der Waals surface area contributed by atoms with Gasteiger partial charge in [0, 0.05) is 0 Å². The Labute approximate surface area is 233 Å². The Hall–Kier alpha value is -5.20. The van der Waals surface area contributed by atoms with Gasteiger partial charge in [-0.1, -0.05) is 146 Å². The molecule has 0 bridgehead atoms. The van der Waals surface area contributed by atoms with Gasteiger partial charge in [-0.2, -0.15) is 0 Å². The van der Waals surface area contributed by atoms with E-state index in [4.69, 9.17) is 0 Å². The van der Waals surface area contributed by atoms with Crippen molar-refractivity contribution in [1.82, 2.24) is 0 Å². The lowest BCUT2D eigenvalue weighted by atomic mass is 9.84. The number of hydrogen-bond donors (Lipinski definition) is 0. The smallest absolute Gasteiger partial charge is 0.00259 e. The van der Waals surface area contributed by atoms with Gasteiger partial charge in [0.1, 0.15) is 0 Å².